The molecule has 1 aromatic heterocycles. The molecule has 5 nitrogen and oxygen atoms in total. The van der Waals surface area contributed by atoms with Crippen LogP contribution < -0.4 is 9.47 Å². The monoisotopic (exact) mass is 535 g/mol. The number of rotatable bonds is 9. The molecule has 4 aromatic carbocycles. The van der Waals surface area contributed by atoms with Crippen molar-refractivity contribution in [3.8, 4) is 22.8 Å². The number of H-pyrrole nitrogens is 1. The topological polar surface area (TPSA) is 50.4 Å². The second-order valence-corrected chi connectivity index (χ2v) is 10.2. The van der Waals surface area contributed by atoms with Gasteiger partial charge in [0, 0.05) is 48.9 Å². The number of nitrogens with zero attached hydrogens (tertiary/aromatic N) is 2. The fourth-order valence-corrected chi connectivity index (χ4v) is 5.19. The van der Waals surface area contributed by atoms with Crippen molar-refractivity contribution in [2.24, 2.45) is 0 Å². The van der Waals surface area contributed by atoms with E-state index in [0.29, 0.717) is 29.7 Å². The van der Waals surface area contributed by atoms with Crippen LogP contribution in [0.5, 0.6) is 11.5 Å². The summed E-state index contributed by atoms with van der Waals surface area (Å²) in [6.45, 7) is 3.53. The lowest BCUT2D eigenvalue weighted by atomic mass is 9.99. The van der Waals surface area contributed by atoms with E-state index < -0.39 is 0 Å². The van der Waals surface area contributed by atoms with Crippen LogP contribution in [0.25, 0.3) is 11.3 Å². The third-order valence-corrected chi connectivity index (χ3v) is 7.32. The van der Waals surface area contributed by atoms with Crippen LogP contribution in [0.15, 0.2) is 103 Å². The van der Waals surface area contributed by atoms with E-state index in [-0.39, 0.29) is 0 Å². The lowest BCUT2D eigenvalue weighted by molar-refractivity contribution is 0.245. The van der Waals surface area contributed by atoms with Gasteiger partial charge in [0.25, 0.3) is 0 Å². The first-order chi connectivity index (χ1) is 19.2. The minimum absolute atomic E-state index is 0.421. The molecular weight excluding hydrogens is 506 g/mol. The molecule has 1 aliphatic heterocycles. The van der Waals surface area contributed by atoms with Gasteiger partial charge in [0.1, 0.15) is 30.4 Å². The highest BCUT2D eigenvalue weighted by molar-refractivity contribution is 6.32. The first-order valence-electron chi connectivity index (χ1n) is 13.2. The van der Waals surface area contributed by atoms with Gasteiger partial charge in [0.05, 0.1) is 5.02 Å². The molecule has 0 aliphatic carbocycles. The predicted octanol–water partition coefficient (Wildman–Crippen LogP) is 7.45. The van der Waals surface area contributed by atoms with Crippen LogP contribution in [-0.2, 0) is 32.7 Å². The molecule has 0 atom stereocenters. The van der Waals surface area contributed by atoms with Crippen LogP contribution in [0.4, 0.5) is 0 Å². The van der Waals surface area contributed by atoms with Gasteiger partial charge in [-0.1, -0.05) is 103 Å². The fraction of sp³-hybridized carbons (Fsp3) is 0.182. The summed E-state index contributed by atoms with van der Waals surface area (Å²) in [6.07, 6.45) is 0.918. The van der Waals surface area contributed by atoms with Gasteiger partial charge >= 0.3 is 0 Å². The van der Waals surface area contributed by atoms with Gasteiger partial charge in [-0.25, -0.2) is 0 Å². The van der Waals surface area contributed by atoms with Crippen molar-refractivity contribution in [3.05, 3.63) is 136 Å². The second kappa shape index (κ2) is 11.8. The van der Waals surface area contributed by atoms with Crippen LogP contribution in [-0.4, -0.2) is 21.6 Å². The van der Waals surface area contributed by atoms with E-state index in [1.54, 1.807) is 0 Å². The number of ether oxygens (including phenoxy) is 2. The highest BCUT2D eigenvalue weighted by Crippen LogP contribution is 2.41. The second-order valence-electron chi connectivity index (χ2n) is 9.80. The number of fused-ring (bicyclic) bond motifs is 1. The fourth-order valence-electron chi connectivity index (χ4n) is 4.97. The molecule has 5 aromatic rings. The van der Waals surface area contributed by atoms with E-state index in [9.17, 15) is 0 Å². The number of hydrogen-bond donors (Lipinski definition) is 1. The van der Waals surface area contributed by atoms with Crippen molar-refractivity contribution in [1.29, 1.82) is 0 Å². The summed E-state index contributed by atoms with van der Waals surface area (Å²) >= 11 is 6.79. The van der Waals surface area contributed by atoms with Crippen LogP contribution in [0.3, 0.4) is 0 Å². The summed E-state index contributed by atoms with van der Waals surface area (Å²) in [5.74, 6) is 1.28. The minimum atomic E-state index is 0.421. The Morgan fingerprint density at radius 3 is 1.97 bits per heavy atom. The number of halogens is 1. The van der Waals surface area contributed by atoms with Crippen molar-refractivity contribution in [2.45, 2.75) is 32.7 Å². The molecule has 0 bridgehead atoms. The van der Waals surface area contributed by atoms with Crippen molar-refractivity contribution < 1.29 is 9.47 Å². The molecule has 0 fully saturated rings. The summed E-state index contributed by atoms with van der Waals surface area (Å²) in [5.41, 5.74) is 7.57. The Balaban J connectivity index is 1.30. The van der Waals surface area contributed by atoms with E-state index in [0.717, 1.165) is 48.4 Å². The van der Waals surface area contributed by atoms with Crippen molar-refractivity contribution in [1.82, 2.24) is 15.1 Å². The van der Waals surface area contributed by atoms with Gasteiger partial charge in [-0.2, -0.15) is 5.10 Å². The van der Waals surface area contributed by atoms with Gasteiger partial charge in [-0.15, -0.1) is 0 Å². The van der Waals surface area contributed by atoms with Gasteiger partial charge in [0.15, 0.2) is 0 Å². The minimum Gasteiger partial charge on any atom is -0.488 e. The molecule has 196 valence electrons. The van der Waals surface area contributed by atoms with E-state index in [1.165, 1.54) is 16.8 Å². The standard InChI is InChI=1S/C33H30ClN3O2/c34-29-18-27(33-28-21-37(17-16-30(28)35-36-33)20-24-10-4-1-5-11-24)31(38-22-25-12-6-2-7-13-25)19-32(29)39-23-26-14-8-3-9-15-26/h1-15,18-19H,16-17,20-23H2,(H,35,36). The zero-order chi connectivity index (χ0) is 26.4. The maximum atomic E-state index is 6.79. The normalized spacial score (nSPS) is 13.2. The number of aromatic nitrogens is 2. The molecule has 0 radical (unpaired) electrons. The summed E-state index contributed by atoms with van der Waals surface area (Å²) in [6, 6.07) is 34.6. The predicted molar refractivity (Wildman–Crippen MR) is 155 cm³/mol. The van der Waals surface area contributed by atoms with E-state index in [1.807, 2.05) is 60.7 Å². The Labute approximate surface area is 234 Å². The third kappa shape index (κ3) is 6.00. The SMILES string of the molecule is Clc1cc(-c2n[nH]c3c2CN(Cc2ccccc2)CC3)c(OCc2ccccc2)cc1OCc1ccccc1. The molecule has 1 aliphatic rings. The van der Waals surface area contributed by atoms with Crippen LogP contribution in [0, 0.1) is 0 Å². The molecule has 0 spiro atoms. The molecule has 1 N–H and O–H groups in total. The van der Waals surface area contributed by atoms with Crippen molar-refractivity contribution in [3.63, 3.8) is 0 Å². The van der Waals surface area contributed by atoms with Crippen LogP contribution in [0.1, 0.15) is 27.9 Å². The molecule has 2 heterocycles. The first kappa shape index (κ1) is 25.2. The molecule has 0 unspecified atom stereocenters. The zero-order valence-corrected chi connectivity index (χ0v) is 22.4. The quantitative estimate of drug-likeness (QED) is 0.213. The summed E-state index contributed by atoms with van der Waals surface area (Å²) in [5, 5.41) is 8.57. The Morgan fingerprint density at radius 2 is 1.33 bits per heavy atom. The number of aromatic amines is 1. The zero-order valence-electron chi connectivity index (χ0n) is 21.6. The highest BCUT2D eigenvalue weighted by atomic mass is 35.5. The molecule has 6 rings (SSSR count). The van der Waals surface area contributed by atoms with E-state index in [4.69, 9.17) is 26.2 Å². The maximum Gasteiger partial charge on any atom is 0.142 e. The molecule has 0 saturated heterocycles. The molecule has 6 heteroatoms. The molecule has 0 amide bonds. The van der Waals surface area contributed by atoms with Gasteiger partial charge in [-0.3, -0.25) is 10.00 Å². The number of hydrogen-bond acceptors (Lipinski definition) is 4. The van der Waals surface area contributed by atoms with Gasteiger partial charge in [-0.05, 0) is 22.8 Å². The lowest BCUT2D eigenvalue weighted by Crippen LogP contribution is -2.30. The average Bonchev–Trinajstić information content (AvgIpc) is 3.40. The average molecular weight is 536 g/mol. The molecular formula is C33H30ClN3O2. The van der Waals surface area contributed by atoms with Crippen LogP contribution >= 0.6 is 11.6 Å². The lowest BCUT2D eigenvalue weighted by Gasteiger charge is -2.27. The van der Waals surface area contributed by atoms with Gasteiger partial charge in [0.2, 0.25) is 0 Å². The highest BCUT2D eigenvalue weighted by Gasteiger charge is 2.25. The number of benzene rings is 4. The first-order valence-corrected chi connectivity index (χ1v) is 13.6. The van der Waals surface area contributed by atoms with E-state index in [2.05, 4.69) is 52.5 Å². The van der Waals surface area contributed by atoms with Gasteiger partial charge < -0.3 is 9.47 Å². The summed E-state index contributed by atoms with van der Waals surface area (Å²) in [7, 11) is 0. The molecule has 39 heavy (non-hydrogen) atoms. The third-order valence-electron chi connectivity index (χ3n) is 7.03. The molecule has 0 saturated carbocycles. The summed E-state index contributed by atoms with van der Waals surface area (Å²) in [4.78, 5) is 2.46. The largest absolute Gasteiger partial charge is 0.488 e. The van der Waals surface area contributed by atoms with Crippen molar-refractivity contribution >= 4 is 11.6 Å². The van der Waals surface area contributed by atoms with Crippen LogP contribution in [0.2, 0.25) is 5.02 Å². The summed E-state index contributed by atoms with van der Waals surface area (Å²) < 4.78 is 12.5. The smallest absolute Gasteiger partial charge is 0.142 e. The Hall–Kier alpha value is -4.06. The van der Waals surface area contributed by atoms with Crippen molar-refractivity contribution in [2.75, 3.05) is 6.54 Å². The Kier molecular flexibility index (Phi) is 7.61. The number of nitrogens with one attached hydrogen (secondary N) is 1. The maximum absolute atomic E-state index is 6.79. The Morgan fingerprint density at radius 1 is 0.744 bits per heavy atom. The Bertz CT molecular complexity index is 1520. The van der Waals surface area contributed by atoms with E-state index >= 15 is 0 Å².